The predicted octanol–water partition coefficient (Wildman–Crippen LogP) is 1.19. The first kappa shape index (κ1) is 20.2. The predicted molar refractivity (Wildman–Crippen MR) is 90.5 cm³/mol. The van der Waals surface area contributed by atoms with Gasteiger partial charge in [-0.15, -0.1) is 0 Å². The highest BCUT2D eigenvalue weighted by Gasteiger charge is 2.35. The van der Waals surface area contributed by atoms with Crippen LogP contribution in [0.2, 0.25) is 0 Å². The fourth-order valence-corrected chi connectivity index (χ4v) is 2.69. The van der Waals surface area contributed by atoms with Crippen LogP contribution < -0.4 is 10.6 Å². The molecule has 2 atom stereocenters. The maximum atomic E-state index is 12.5. The second-order valence-corrected chi connectivity index (χ2v) is 7.77. The van der Waals surface area contributed by atoms with Crippen molar-refractivity contribution in [1.29, 1.82) is 0 Å². The van der Waals surface area contributed by atoms with Crippen molar-refractivity contribution in [3.63, 3.8) is 0 Å². The Morgan fingerprint density at radius 3 is 2.19 bits per heavy atom. The zero-order valence-corrected chi connectivity index (χ0v) is 15.3. The van der Waals surface area contributed by atoms with Crippen LogP contribution in [0.15, 0.2) is 0 Å². The Hall–Kier alpha value is -0.750. The Labute approximate surface area is 133 Å². The molecule has 0 aromatic rings. The van der Waals surface area contributed by atoms with Crippen LogP contribution in [-0.2, 0) is 9.59 Å². The number of carbonyl (C=O) groups excluding carboxylic acids is 2. The summed E-state index contributed by atoms with van der Waals surface area (Å²) < 4.78 is 0. The largest absolute Gasteiger partial charge is 0.347 e. The molecule has 0 saturated carbocycles. The average molecular weight is 317 g/mol. The van der Waals surface area contributed by atoms with Gasteiger partial charge >= 0.3 is 0 Å². The zero-order valence-electron chi connectivity index (χ0n) is 14.4. The van der Waals surface area contributed by atoms with E-state index in [1.165, 1.54) is 4.90 Å². The van der Waals surface area contributed by atoms with E-state index in [4.69, 9.17) is 0 Å². The van der Waals surface area contributed by atoms with Gasteiger partial charge in [0.25, 0.3) is 0 Å². The third-order valence-corrected chi connectivity index (χ3v) is 4.23. The standard InChI is InChI=1S/C15H31N3O2S/c1-8-21-10-11(9-16-5)13(19)17-12(15(2,3)4)14(20)18(6)7/h11-12,16H,8-10H2,1-7H3,(H,17,19)/t11-,12+/m0/s1. The molecule has 0 saturated heterocycles. The van der Waals surface area contributed by atoms with Crippen LogP contribution in [0.5, 0.6) is 0 Å². The van der Waals surface area contributed by atoms with Crippen molar-refractivity contribution in [2.75, 3.05) is 39.2 Å². The van der Waals surface area contributed by atoms with E-state index in [1.54, 1.807) is 25.9 Å². The highest BCUT2D eigenvalue weighted by atomic mass is 32.2. The van der Waals surface area contributed by atoms with E-state index in [-0.39, 0.29) is 23.1 Å². The molecular formula is C15H31N3O2S. The van der Waals surface area contributed by atoms with Crippen molar-refractivity contribution >= 4 is 23.6 Å². The maximum absolute atomic E-state index is 12.5. The van der Waals surface area contributed by atoms with Crippen molar-refractivity contribution in [2.24, 2.45) is 11.3 Å². The van der Waals surface area contributed by atoms with Gasteiger partial charge in [0, 0.05) is 26.4 Å². The molecule has 6 heteroatoms. The number of hydrogen-bond donors (Lipinski definition) is 2. The molecule has 2 amide bonds. The molecule has 0 aliphatic heterocycles. The fraction of sp³-hybridized carbons (Fsp3) is 0.867. The summed E-state index contributed by atoms with van der Waals surface area (Å²) in [5.74, 6) is 1.49. The van der Waals surface area contributed by atoms with Gasteiger partial charge in [0.15, 0.2) is 0 Å². The molecule has 0 aliphatic carbocycles. The van der Waals surface area contributed by atoms with Gasteiger partial charge < -0.3 is 15.5 Å². The Bertz CT molecular complexity index is 340. The van der Waals surface area contributed by atoms with Crippen LogP contribution in [0, 0.1) is 11.3 Å². The Balaban J connectivity index is 4.96. The molecule has 5 nitrogen and oxygen atoms in total. The number of nitrogens with one attached hydrogen (secondary N) is 2. The molecule has 0 aromatic heterocycles. The van der Waals surface area contributed by atoms with Gasteiger partial charge in [-0.25, -0.2) is 0 Å². The van der Waals surface area contributed by atoms with E-state index >= 15 is 0 Å². The van der Waals surface area contributed by atoms with E-state index in [9.17, 15) is 9.59 Å². The molecule has 0 radical (unpaired) electrons. The van der Waals surface area contributed by atoms with Crippen LogP contribution in [0.4, 0.5) is 0 Å². The number of hydrogen-bond acceptors (Lipinski definition) is 4. The van der Waals surface area contributed by atoms with Gasteiger partial charge in [0.2, 0.25) is 11.8 Å². The number of rotatable bonds is 8. The molecule has 0 heterocycles. The molecule has 0 unspecified atom stereocenters. The minimum atomic E-state index is -0.508. The molecule has 21 heavy (non-hydrogen) atoms. The van der Waals surface area contributed by atoms with Crippen LogP contribution in [0.1, 0.15) is 27.7 Å². The number of carbonyl (C=O) groups is 2. The van der Waals surface area contributed by atoms with Crippen molar-refractivity contribution < 1.29 is 9.59 Å². The monoisotopic (exact) mass is 317 g/mol. The first-order valence-corrected chi connectivity index (χ1v) is 8.54. The molecule has 0 aliphatic rings. The SMILES string of the molecule is CCSC[C@H](CNC)C(=O)N[C@H](C(=O)N(C)C)C(C)(C)C. The third-order valence-electron chi connectivity index (χ3n) is 3.18. The summed E-state index contributed by atoms with van der Waals surface area (Å²) in [4.78, 5) is 26.3. The summed E-state index contributed by atoms with van der Waals surface area (Å²) in [5.41, 5.74) is -0.320. The van der Waals surface area contributed by atoms with Gasteiger partial charge in [-0.05, 0) is 18.2 Å². The Morgan fingerprint density at radius 1 is 1.24 bits per heavy atom. The smallest absolute Gasteiger partial charge is 0.245 e. The third kappa shape index (κ3) is 7.18. The lowest BCUT2D eigenvalue weighted by molar-refractivity contribution is -0.138. The molecule has 0 spiro atoms. The highest BCUT2D eigenvalue weighted by molar-refractivity contribution is 7.99. The van der Waals surface area contributed by atoms with E-state index in [0.29, 0.717) is 6.54 Å². The first-order valence-electron chi connectivity index (χ1n) is 7.39. The molecule has 0 fully saturated rings. The summed E-state index contributed by atoms with van der Waals surface area (Å²) in [6.07, 6.45) is 0. The summed E-state index contributed by atoms with van der Waals surface area (Å²) in [6.45, 7) is 8.59. The van der Waals surface area contributed by atoms with Crippen LogP contribution >= 0.6 is 11.8 Å². The molecule has 0 aromatic carbocycles. The van der Waals surface area contributed by atoms with E-state index in [1.807, 2.05) is 27.8 Å². The lowest BCUT2D eigenvalue weighted by atomic mass is 9.85. The molecule has 0 rings (SSSR count). The Morgan fingerprint density at radius 2 is 1.81 bits per heavy atom. The van der Waals surface area contributed by atoms with Gasteiger partial charge in [-0.2, -0.15) is 11.8 Å². The van der Waals surface area contributed by atoms with E-state index in [0.717, 1.165) is 11.5 Å². The van der Waals surface area contributed by atoms with Gasteiger partial charge in [-0.3, -0.25) is 9.59 Å². The number of nitrogens with zero attached hydrogens (tertiary/aromatic N) is 1. The van der Waals surface area contributed by atoms with Crippen molar-refractivity contribution in [3.8, 4) is 0 Å². The number of thioether (sulfide) groups is 1. The maximum Gasteiger partial charge on any atom is 0.245 e. The Kier molecular flexibility index (Phi) is 8.97. The highest BCUT2D eigenvalue weighted by Crippen LogP contribution is 2.21. The lowest BCUT2D eigenvalue weighted by Gasteiger charge is -2.33. The fourth-order valence-electron chi connectivity index (χ4n) is 1.90. The summed E-state index contributed by atoms with van der Waals surface area (Å²) in [7, 11) is 5.26. The van der Waals surface area contributed by atoms with Crippen molar-refractivity contribution in [3.05, 3.63) is 0 Å². The van der Waals surface area contributed by atoms with Crippen molar-refractivity contribution in [1.82, 2.24) is 15.5 Å². The first-order chi connectivity index (χ1) is 9.65. The van der Waals surface area contributed by atoms with Crippen LogP contribution in [-0.4, -0.2) is 61.9 Å². The minimum absolute atomic E-state index is 0.0552. The van der Waals surface area contributed by atoms with Gasteiger partial charge in [-0.1, -0.05) is 27.7 Å². The van der Waals surface area contributed by atoms with E-state index in [2.05, 4.69) is 17.6 Å². The topological polar surface area (TPSA) is 61.4 Å². The van der Waals surface area contributed by atoms with Crippen molar-refractivity contribution in [2.45, 2.75) is 33.7 Å². The second kappa shape index (κ2) is 9.30. The molecule has 124 valence electrons. The molecule has 2 N–H and O–H groups in total. The lowest BCUT2D eigenvalue weighted by Crippen LogP contribution is -2.55. The normalized spacial score (nSPS) is 14.4. The van der Waals surface area contributed by atoms with E-state index < -0.39 is 6.04 Å². The molecular weight excluding hydrogens is 286 g/mol. The molecule has 0 bridgehead atoms. The van der Waals surface area contributed by atoms with Crippen LogP contribution in [0.25, 0.3) is 0 Å². The quantitative estimate of drug-likeness (QED) is 0.706. The summed E-state index contributed by atoms with van der Waals surface area (Å²) in [5, 5.41) is 6.00. The van der Waals surface area contributed by atoms with Gasteiger partial charge in [0.1, 0.15) is 6.04 Å². The number of amides is 2. The summed E-state index contributed by atoms with van der Waals surface area (Å²) >= 11 is 1.74. The van der Waals surface area contributed by atoms with Gasteiger partial charge in [0.05, 0.1) is 5.92 Å². The minimum Gasteiger partial charge on any atom is -0.347 e. The average Bonchev–Trinajstić information content (AvgIpc) is 2.38. The summed E-state index contributed by atoms with van der Waals surface area (Å²) in [6, 6.07) is -0.508. The van der Waals surface area contributed by atoms with Crippen LogP contribution in [0.3, 0.4) is 0 Å². The number of likely N-dealkylation sites (N-methyl/N-ethyl adjacent to an activating group) is 1. The second-order valence-electron chi connectivity index (χ2n) is 6.45. The zero-order chi connectivity index (χ0) is 16.6.